The number of nitrogens with one attached hydrogen (secondary N) is 1. The number of fused-ring (bicyclic) bond motifs is 5. The van der Waals surface area contributed by atoms with Crippen LogP contribution in [0.3, 0.4) is 0 Å². The molecule has 1 heterocycles. The number of hydrogen-bond donors (Lipinski definition) is 4. The average Bonchev–Trinajstić information content (AvgIpc) is 3.29. The van der Waals surface area contributed by atoms with Gasteiger partial charge in [0.2, 0.25) is 6.10 Å². The van der Waals surface area contributed by atoms with Crippen LogP contribution in [0.25, 0.3) is 0 Å². The Morgan fingerprint density at radius 3 is 2.03 bits per heavy atom. The molecule has 356 valence electrons. The summed E-state index contributed by atoms with van der Waals surface area (Å²) in [5.74, 6) is -8.58. The molecule has 16 nitrogen and oxygen atoms in total. The molecule has 0 aromatic heterocycles. The third-order valence-corrected chi connectivity index (χ3v) is 14.5. The molecule has 4 N–H and O–H groups in total. The maximum atomic E-state index is 15.4. The molecule has 3 aromatic carbocycles. The SMILES string of the molecule is CC(=O)O[C@@]12COC1C[C@H](O)[C@@]1(C)C(=O)[C@H](C)C3=C(C)[C@@H](OC(=O)[C@H](OC(=O)CCCC(=O)O)[C@@H](NC(=O)c4ccccc4)c4ccccc4)C[C@@](O)([C@@H](OC(=O)c4ccccc4)[C@@H]12)C3(C)C. The van der Waals surface area contributed by atoms with E-state index in [1.54, 1.807) is 107 Å². The van der Waals surface area contributed by atoms with Gasteiger partial charge in [0.25, 0.3) is 5.91 Å². The molecule has 0 radical (unpaired) electrons. The van der Waals surface area contributed by atoms with E-state index < -0.39 is 125 Å². The van der Waals surface area contributed by atoms with Crippen molar-refractivity contribution in [1.82, 2.24) is 5.32 Å². The minimum absolute atomic E-state index is 0.0925. The van der Waals surface area contributed by atoms with Crippen LogP contribution in [0.2, 0.25) is 0 Å². The second-order valence-electron chi connectivity index (χ2n) is 18.8. The zero-order valence-corrected chi connectivity index (χ0v) is 38.3. The molecule has 1 aliphatic heterocycles. The van der Waals surface area contributed by atoms with Crippen molar-refractivity contribution in [3.63, 3.8) is 0 Å². The molecular formula is C51H57NO15. The van der Waals surface area contributed by atoms with Crippen LogP contribution in [0, 0.1) is 22.7 Å². The molecule has 67 heavy (non-hydrogen) atoms. The van der Waals surface area contributed by atoms with E-state index in [1.807, 2.05) is 0 Å². The van der Waals surface area contributed by atoms with Gasteiger partial charge in [-0.05, 0) is 61.2 Å². The lowest BCUT2D eigenvalue weighted by Gasteiger charge is -2.67. The van der Waals surface area contributed by atoms with Crippen LogP contribution in [-0.2, 0) is 47.7 Å². The summed E-state index contributed by atoms with van der Waals surface area (Å²) in [6.45, 7) is 9.07. The summed E-state index contributed by atoms with van der Waals surface area (Å²) in [7, 11) is 0. The van der Waals surface area contributed by atoms with E-state index >= 15 is 9.59 Å². The first-order valence-electron chi connectivity index (χ1n) is 22.4. The minimum Gasteiger partial charge on any atom is -0.481 e. The van der Waals surface area contributed by atoms with Crippen LogP contribution in [0.4, 0.5) is 0 Å². The number of ether oxygens (including phenoxy) is 5. The Kier molecular flexibility index (Phi) is 13.7. The molecule has 3 aromatic rings. The third-order valence-electron chi connectivity index (χ3n) is 14.5. The van der Waals surface area contributed by atoms with Crippen LogP contribution in [0.1, 0.15) is 106 Å². The molecule has 1 unspecified atom stereocenters. The van der Waals surface area contributed by atoms with Crippen LogP contribution in [0.15, 0.2) is 102 Å². The lowest BCUT2D eigenvalue weighted by molar-refractivity contribution is -0.345. The zero-order valence-electron chi connectivity index (χ0n) is 38.3. The van der Waals surface area contributed by atoms with Gasteiger partial charge in [-0.2, -0.15) is 0 Å². The van der Waals surface area contributed by atoms with Crippen molar-refractivity contribution in [2.75, 3.05) is 6.61 Å². The fourth-order valence-electron chi connectivity index (χ4n) is 11.1. The smallest absolute Gasteiger partial charge is 0.350 e. The summed E-state index contributed by atoms with van der Waals surface area (Å²) < 4.78 is 30.7. The quantitative estimate of drug-likeness (QED) is 0.0918. The molecule has 4 aliphatic rings. The van der Waals surface area contributed by atoms with Crippen LogP contribution >= 0.6 is 0 Å². The summed E-state index contributed by atoms with van der Waals surface area (Å²) in [5, 5.41) is 37.9. The number of rotatable bonds is 14. The molecule has 7 rings (SSSR count). The molecule has 3 fully saturated rings. The number of carbonyl (C=O) groups excluding carboxylic acids is 6. The van der Waals surface area contributed by atoms with E-state index in [2.05, 4.69) is 5.32 Å². The Morgan fingerprint density at radius 2 is 1.46 bits per heavy atom. The number of benzene rings is 3. The predicted molar refractivity (Wildman–Crippen MR) is 237 cm³/mol. The minimum atomic E-state index is -2.29. The van der Waals surface area contributed by atoms with Crippen molar-refractivity contribution < 1.29 is 72.6 Å². The zero-order chi connectivity index (χ0) is 48.6. The fourth-order valence-corrected chi connectivity index (χ4v) is 11.1. The summed E-state index contributed by atoms with van der Waals surface area (Å²) in [6.07, 6.45) is -8.96. The molecule has 2 saturated carbocycles. The molecule has 1 saturated heterocycles. The largest absolute Gasteiger partial charge is 0.481 e. The van der Waals surface area contributed by atoms with Crippen molar-refractivity contribution in [2.24, 2.45) is 22.7 Å². The van der Waals surface area contributed by atoms with Crippen molar-refractivity contribution in [3.05, 3.63) is 119 Å². The van der Waals surface area contributed by atoms with Gasteiger partial charge in [-0.3, -0.25) is 24.0 Å². The molecule has 1 amide bonds. The highest BCUT2D eigenvalue weighted by Gasteiger charge is 2.77. The number of aliphatic carboxylic acids is 1. The van der Waals surface area contributed by atoms with Gasteiger partial charge in [-0.25, -0.2) is 9.59 Å². The highest BCUT2D eigenvalue weighted by Crippen LogP contribution is 2.65. The number of ketones is 1. The molecule has 3 aliphatic carbocycles. The van der Waals surface area contributed by atoms with Gasteiger partial charge < -0.3 is 44.3 Å². The van der Waals surface area contributed by atoms with Crippen molar-refractivity contribution in [3.8, 4) is 0 Å². The topological polar surface area (TPSA) is 238 Å². The maximum Gasteiger partial charge on any atom is 0.350 e. The van der Waals surface area contributed by atoms with Gasteiger partial charge in [-0.15, -0.1) is 0 Å². The Bertz CT molecular complexity index is 2440. The lowest BCUT2D eigenvalue weighted by atomic mass is 9.43. The number of aliphatic hydroxyl groups is 2. The summed E-state index contributed by atoms with van der Waals surface area (Å²) in [5.41, 5.74) is -5.93. The van der Waals surface area contributed by atoms with Gasteiger partial charge in [-0.1, -0.05) is 87.5 Å². The first-order chi connectivity index (χ1) is 31.7. The molecule has 0 spiro atoms. The molecule has 16 heteroatoms. The summed E-state index contributed by atoms with van der Waals surface area (Å²) in [6, 6.07) is 22.9. The number of carboxylic acid groups (broad SMARTS) is 1. The van der Waals surface area contributed by atoms with Gasteiger partial charge in [0, 0.05) is 49.5 Å². The standard InChI is InChI=1S/C51H57NO15/c1-28-34(64-47(61)41(65-38(57)24-16-23-37(55)56)40(31-17-10-7-11-18-31)52-45(59)32-19-12-8-13-20-32)26-51(62)44(66-46(60)33-21-14-9-15-22-33)42-49(6,43(58)29(2)39(28)48(51,4)5)35(54)25-36-50(42,27-63-36)67-30(3)53/h7-15,17-22,29,34-36,40-42,44,54,62H,16,23-27H2,1-6H3,(H,52,59)(H,55,56)/t29-,34+,35+,36?,40+,41-,42+,44+,49-,50+,51-/m1/s1. The Labute approximate surface area is 388 Å². The Morgan fingerprint density at radius 1 is 0.866 bits per heavy atom. The number of esters is 4. The molecule has 2 bridgehead atoms. The van der Waals surface area contributed by atoms with E-state index in [-0.39, 0.29) is 37.0 Å². The van der Waals surface area contributed by atoms with Crippen molar-refractivity contribution in [1.29, 1.82) is 0 Å². The highest BCUT2D eigenvalue weighted by molar-refractivity contribution is 5.95. The Balaban J connectivity index is 1.37. The first kappa shape index (κ1) is 48.7. The number of Topliss-reactive ketones (excluding diaryl/α,β-unsaturated/α-hetero) is 1. The van der Waals surface area contributed by atoms with E-state index in [0.717, 1.165) is 0 Å². The van der Waals surface area contributed by atoms with Crippen LogP contribution < -0.4 is 5.32 Å². The third kappa shape index (κ3) is 8.78. The fraction of sp³-hybridized carbons (Fsp3) is 0.471. The second-order valence-corrected chi connectivity index (χ2v) is 18.8. The Hall–Kier alpha value is -6.23. The number of aliphatic hydroxyl groups excluding tert-OH is 1. The number of hydrogen-bond acceptors (Lipinski definition) is 14. The molecule has 11 atom stereocenters. The van der Waals surface area contributed by atoms with Gasteiger partial charge in [0.1, 0.15) is 35.7 Å². The number of amides is 1. The van der Waals surface area contributed by atoms with E-state index in [1.165, 1.54) is 26.0 Å². The van der Waals surface area contributed by atoms with Crippen molar-refractivity contribution >= 4 is 41.5 Å². The molecular weight excluding hydrogens is 867 g/mol. The van der Waals surface area contributed by atoms with E-state index in [9.17, 15) is 39.3 Å². The van der Waals surface area contributed by atoms with Crippen molar-refractivity contribution in [2.45, 2.75) is 121 Å². The monoisotopic (exact) mass is 923 g/mol. The summed E-state index contributed by atoms with van der Waals surface area (Å²) >= 11 is 0. The first-order valence-corrected chi connectivity index (χ1v) is 22.4. The average molecular weight is 924 g/mol. The van der Waals surface area contributed by atoms with E-state index in [0.29, 0.717) is 16.7 Å². The number of carboxylic acids is 1. The highest BCUT2D eigenvalue weighted by atomic mass is 16.6. The number of carbonyl (C=O) groups is 7. The van der Waals surface area contributed by atoms with Gasteiger partial charge in [0.05, 0.1) is 29.6 Å². The lowest BCUT2D eigenvalue weighted by Crippen LogP contribution is -2.81. The van der Waals surface area contributed by atoms with Crippen LogP contribution in [0.5, 0.6) is 0 Å². The maximum absolute atomic E-state index is 15.4. The normalized spacial score (nSPS) is 30.3. The summed E-state index contributed by atoms with van der Waals surface area (Å²) in [4.78, 5) is 96.5. The van der Waals surface area contributed by atoms with E-state index in [4.69, 9.17) is 23.7 Å². The van der Waals surface area contributed by atoms with Gasteiger partial charge >= 0.3 is 29.8 Å². The second kappa shape index (κ2) is 18.8. The predicted octanol–water partition coefficient (Wildman–Crippen LogP) is 5.25. The van der Waals surface area contributed by atoms with Crippen LogP contribution in [-0.4, -0.2) is 105 Å². The van der Waals surface area contributed by atoms with Gasteiger partial charge in [0.15, 0.2) is 5.60 Å².